The monoisotopic (exact) mass is 197 g/mol. The Morgan fingerprint density at radius 2 is 2.14 bits per heavy atom. The molecule has 1 unspecified atom stereocenters. The minimum atomic E-state index is -0.489. The van der Waals surface area contributed by atoms with Crippen LogP contribution >= 0.6 is 0 Å². The number of hydrogen-bond acceptors (Lipinski definition) is 1. The molecule has 1 N–H and O–H groups in total. The van der Waals surface area contributed by atoms with Crippen LogP contribution in [0.3, 0.4) is 0 Å². The third-order valence-corrected chi connectivity index (χ3v) is 2.78. The largest absolute Gasteiger partial charge is 0.310 e. The van der Waals surface area contributed by atoms with E-state index in [1.807, 2.05) is 0 Å². The number of hydrogen-bond donors (Lipinski definition) is 1. The second-order valence-corrected chi connectivity index (χ2v) is 3.75. The van der Waals surface area contributed by atoms with Crippen LogP contribution in [0.15, 0.2) is 12.1 Å². The second kappa shape index (κ2) is 3.65. The fourth-order valence-electron chi connectivity index (χ4n) is 1.98. The third-order valence-electron chi connectivity index (χ3n) is 2.78. The molecule has 1 saturated heterocycles. The molecule has 3 heteroatoms. The van der Waals surface area contributed by atoms with Gasteiger partial charge in [-0.3, -0.25) is 0 Å². The van der Waals surface area contributed by atoms with Gasteiger partial charge in [-0.05, 0) is 43.5 Å². The van der Waals surface area contributed by atoms with Gasteiger partial charge in [-0.15, -0.1) is 0 Å². The van der Waals surface area contributed by atoms with E-state index in [4.69, 9.17) is 0 Å². The van der Waals surface area contributed by atoms with Crippen LogP contribution in [0.2, 0.25) is 0 Å². The Labute approximate surface area is 82.1 Å². The van der Waals surface area contributed by atoms with E-state index in [1.165, 1.54) is 6.07 Å². The highest BCUT2D eigenvalue weighted by Gasteiger charge is 2.20. The number of benzene rings is 1. The van der Waals surface area contributed by atoms with Crippen molar-refractivity contribution in [2.75, 3.05) is 6.54 Å². The first-order valence-corrected chi connectivity index (χ1v) is 4.87. The molecule has 1 nitrogen and oxygen atoms in total. The fourth-order valence-corrected chi connectivity index (χ4v) is 1.98. The predicted molar refractivity (Wildman–Crippen MR) is 51.1 cm³/mol. The molecule has 0 bridgehead atoms. The maximum absolute atomic E-state index is 13.2. The topological polar surface area (TPSA) is 12.0 Å². The highest BCUT2D eigenvalue weighted by atomic mass is 19.1. The Bertz CT molecular complexity index is 343. The Morgan fingerprint density at radius 3 is 2.79 bits per heavy atom. The minimum absolute atomic E-state index is 0.125. The van der Waals surface area contributed by atoms with E-state index in [0.29, 0.717) is 5.56 Å². The average Bonchev–Trinajstić information content (AvgIpc) is 2.63. The van der Waals surface area contributed by atoms with Gasteiger partial charge in [0.25, 0.3) is 0 Å². The second-order valence-electron chi connectivity index (χ2n) is 3.75. The predicted octanol–water partition coefficient (Wildman–Crippen LogP) is 2.70. The molecular formula is C11H13F2N. The molecular weight excluding hydrogens is 184 g/mol. The maximum atomic E-state index is 13.2. The highest BCUT2D eigenvalue weighted by molar-refractivity contribution is 5.31. The van der Waals surface area contributed by atoms with Gasteiger partial charge < -0.3 is 5.32 Å². The Hall–Kier alpha value is -0.960. The van der Waals surface area contributed by atoms with Gasteiger partial charge in [0.05, 0.1) is 0 Å². The molecule has 1 fully saturated rings. The van der Waals surface area contributed by atoms with Crippen molar-refractivity contribution >= 4 is 0 Å². The van der Waals surface area contributed by atoms with Crippen molar-refractivity contribution in [3.63, 3.8) is 0 Å². The molecule has 1 aromatic rings. The van der Waals surface area contributed by atoms with Crippen LogP contribution < -0.4 is 5.32 Å². The number of nitrogens with one attached hydrogen (secondary N) is 1. The maximum Gasteiger partial charge on any atom is 0.129 e. The standard InChI is InChI=1S/C11H13F2N/c1-7-9(11-3-2-4-14-11)5-8(12)6-10(7)13/h5-6,11,14H,2-4H2,1H3. The van der Waals surface area contributed by atoms with E-state index in [-0.39, 0.29) is 6.04 Å². The summed E-state index contributed by atoms with van der Waals surface area (Å²) < 4.78 is 26.2. The Kier molecular flexibility index (Phi) is 2.50. The van der Waals surface area contributed by atoms with Crippen LogP contribution in [-0.2, 0) is 0 Å². The lowest BCUT2D eigenvalue weighted by molar-refractivity contribution is 0.557. The Morgan fingerprint density at radius 1 is 1.36 bits per heavy atom. The summed E-state index contributed by atoms with van der Waals surface area (Å²) in [5, 5.41) is 3.23. The molecule has 0 aliphatic carbocycles. The zero-order valence-corrected chi connectivity index (χ0v) is 8.11. The van der Waals surface area contributed by atoms with Crippen LogP contribution in [0, 0.1) is 18.6 Å². The van der Waals surface area contributed by atoms with Crippen LogP contribution in [-0.4, -0.2) is 6.54 Å². The number of rotatable bonds is 1. The quantitative estimate of drug-likeness (QED) is 0.729. The van der Waals surface area contributed by atoms with Crippen molar-refractivity contribution in [1.29, 1.82) is 0 Å². The van der Waals surface area contributed by atoms with Crippen molar-refractivity contribution in [2.45, 2.75) is 25.8 Å². The van der Waals surface area contributed by atoms with Gasteiger partial charge in [-0.25, -0.2) is 8.78 Å². The van der Waals surface area contributed by atoms with E-state index in [9.17, 15) is 8.78 Å². The molecule has 1 aliphatic heterocycles. The van der Waals surface area contributed by atoms with Crippen molar-refractivity contribution in [1.82, 2.24) is 5.32 Å². The van der Waals surface area contributed by atoms with Gasteiger partial charge in [0.1, 0.15) is 11.6 Å². The zero-order valence-electron chi connectivity index (χ0n) is 8.11. The summed E-state index contributed by atoms with van der Waals surface area (Å²) >= 11 is 0. The smallest absolute Gasteiger partial charge is 0.129 e. The summed E-state index contributed by atoms with van der Waals surface area (Å²) in [4.78, 5) is 0. The van der Waals surface area contributed by atoms with E-state index >= 15 is 0 Å². The first kappa shape index (κ1) is 9.59. The summed E-state index contributed by atoms with van der Waals surface area (Å²) in [6, 6.07) is 2.50. The molecule has 0 aromatic heterocycles. The lowest BCUT2D eigenvalue weighted by atomic mass is 9.99. The van der Waals surface area contributed by atoms with Crippen LogP contribution in [0.1, 0.15) is 30.0 Å². The van der Waals surface area contributed by atoms with E-state index < -0.39 is 11.6 Å². The van der Waals surface area contributed by atoms with Crippen molar-refractivity contribution in [2.24, 2.45) is 0 Å². The first-order chi connectivity index (χ1) is 6.68. The molecule has 0 saturated carbocycles. The molecule has 0 spiro atoms. The summed E-state index contributed by atoms with van der Waals surface area (Å²) in [5.41, 5.74) is 1.32. The van der Waals surface area contributed by atoms with Crippen LogP contribution in [0.5, 0.6) is 0 Å². The third kappa shape index (κ3) is 1.64. The van der Waals surface area contributed by atoms with Gasteiger partial charge in [0.15, 0.2) is 0 Å². The average molecular weight is 197 g/mol. The van der Waals surface area contributed by atoms with Gasteiger partial charge in [-0.1, -0.05) is 0 Å². The van der Waals surface area contributed by atoms with E-state index in [0.717, 1.165) is 31.0 Å². The van der Waals surface area contributed by atoms with Crippen LogP contribution in [0.4, 0.5) is 8.78 Å². The van der Waals surface area contributed by atoms with E-state index in [2.05, 4.69) is 5.32 Å². The summed E-state index contributed by atoms with van der Waals surface area (Å²) in [6.45, 7) is 2.63. The first-order valence-electron chi connectivity index (χ1n) is 4.87. The summed E-state index contributed by atoms with van der Waals surface area (Å²) in [5.74, 6) is -0.939. The molecule has 1 heterocycles. The lowest BCUT2D eigenvalue weighted by Crippen LogP contribution is -2.14. The highest BCUT2D eigenvalue weighted by Crippen LogP contribution is 2.27. The normalized spacial score (nSPS) is 21.5. The summed E-state index contributed by atoms with van der Waals surface area (Å²) in [7, 11) is 0. The zero-order chi connectivity index (χ0) is 10.1. The molecule has 2 rings (SSSR count). The van der Waals surface area contributed by atoms with Gasteiger partial charge in [0, 0.05) is 12.1 Å². The summed E-state index contributed by atoms with van der Waals surface area (Å²) in [6.07, 6.45) is 2.03. The van der Waals surface area contributed by atoms with Gasteiger partial charge >= 0.3 is 0 Å². The van der Waals surface area contributed by atoms with Crippen molar-refractivity contribution in [3.05, 3.63) is 34.9 Å². The molecule has 1 aromatic carbocycles. The van der Waals surface area contributed by atoms with Crippen molar-refractivity contribution in [3.8, 4) is 0 Å². The molecule has 1 atom stereocenters. The molecule has 0 amide bonds. The van der Waals surface area contributed by atoms with Crippen molar-refractivity contribution < 1.29 is 8.78 Å². The molecule has 0 radical (unpaired) electrons. The Balaban J connectivity index is 2.40. The lowest BCUT2D eigenvalue weighted by Gasteiger charge is -2.14. The van der Waals surface area contributed by atoms with Gasteiger partial charge in [-0.2, -0.15) is 0 Å². The molecule has 14 heavy (non-hydrogen) atoms. The minimum Gasteiger partial charge on any atom is -0.310 e. The molecule has 1 aliphatic rings. The van der Waals surface area contributed by atoms with E-state index in [1.54, 1.807) is 6.92 Å². The van der Waals surface area contributed by atoms with Crippen LogP contribution in [0.25, 0.3) is 0 Å². The fraction of sp³-hybridized carbons (Fsp3) is 0.455. The number of halogens is 2. The SMILES string of the molecule is Cc1c(F)cc(F)cc1C1CCCN1. The molecule has 76 valence electrons. The van der Waals surface area contributed by atoms with Gasteiger partial charge in [0.2, 0.25) is 0 Å².